The van der Waals surface area contributed by atoms with E-state index in [4.69, 9.17) is 14.2 Å². The number of rotatable bonds is 11. The number of methoxy groups -OCH3 is 1. The summed E-state index contributed by atoms with van der Waals surface area (Å²) in [6, 6.07) is -1.16. The average molecular weight is 449 g/mol. The van der Waals surface area contributed by atoms with Gasteiger partial charge in [-0.05, 0) is 19.3 Å². The fraction of sp³-hybridized carbons (Fsp3) is 0.900. The predicted molar refractivity (Wildman–Crippen MR) is 108 cm³/mol. The Kier molecular flexibility index (Phi) is 10.6. The molecule has 31 heavy (non-hydrogen) atoms. The van der Waals surface area contributed by atoms with Crippen LogP contribution in [0, 0.1) is 0 Å². The number of nitrogens with zero attached hydrogens (tertiary/aromatic N) is 1. The van der Waals surface area contributed by atoms with Crippen molar-refractivity contribution in [2.75, 3.05) is 33.5 Å². The molecule has 0 aromatic heterocycles. The number of hydrogen-bond donors (Lipinski definition) is 5. The molecular formula is C20H36N2O9. The summed E-state index contributed by atoms with van der Waals surface area (Å²) in [7, 11) is 1.60. The van der Waals surface area contributed by atoms with Crippen molar-refractivity contribution in [3.8, 4) is 0 Å². The van der Waals surface area contributed by atoms with Crippen molar-refractivity contribution in [1.29, 1.82) is 0 Å². The first-order valence-corrected chi connectivity index (χ1v) is 10.8. The van der Waals surface area contributed by atoms with Crippen LogP contribution in [-0.2, 0) is 23.8 Å². The van der Waals surface area contributed by atoms with E-state index >= 15 is 0 Å². The van der Waals surface area contributed by atoms with Gasteiger partial charge in [0.1, 0.15) is 24.4 Å². The molecule has 0 aromatic rings. The van der Waals surface area contributed by atoms with Crippen molar-refractivity contribution in [1.82, 2.24) is 10.2 Å². The van der Waals surface area contributed by atoms with Gasteiger partial charge in [0.2, 0.25) is 11.8 Å². The molecule has 0 aromatic carbocycles. The van der Waals surface area contributed by atoms with Gasteiger partial charge in [-0.1, -0.05) is 6.42 Å². The molecule has 0 spiro atoms. The van der Waals surface area contributed by atoms with E-state index in [-0.39, 0.29) is 31.3 Å². The van der Waals surface area contributed by atoms with E-state index in [1.54, 1.807) is 12.0 Å². The third-order valence-corrected chi connectivity index (χ3v) is 5.81. The second kappa shape index (κ2) is 12.6. The molecule has 180 valence electrons. The first-order chi connectivity index (χ1) is 14.8. The molecule has 11 heteroatoms. The van der Waals surface area contributed by atoms with E-state index in [1.165, 1.54) is 6.92 Å². The summed E-state index contributed by atoms with van der Waals surface area (Å²) < 4.78 is 16.4. The number of hydrogen-bond acceptors (Lipinski definition) is 9. The SMILES string of the molecule is COC1CC(CO)N(C(=O)CCCCCOC2OC(CO)C(O)C(O)C2NC(C)=O)C1. The summed E-state index contributed by atoms with van der Waals surface area (Å²) in [5.41, 5.74) is 0. The van der Waals surface area contributed by atoms with Gasteiger partial charge in [-0.3, -0.25) is 9.59 Å². The lowest BCUT2D eigenvalue weighted by Gasteiger charge is -2.42. The minimum Gasteiger partial charge on any atom is -0.394 e. The molecule has 2 heterocycles. The zero-order valence-corrected chi connectivity index (χ0v) is 18.2. The van der Waals surface area contributed by atoms with Crippen molar-refractivity contribution < 1.29 is 44.2 Å². The predicted octanol–water partition coefficient (Wildman–Crippen LogP) is -1.88. The third-order valence-electron chi connectivity index (χ3n) is 5.81. The van der Waals surface area contributed by atoms with Gasteiger partial charge >= 0.3 is 0 Å². The monoisotopic (exact) mass is 448 g/mol. The van der Waals surface area contributed by atoms with Gasteiger partial charge in [0, 0.05) is 33.6 Å². The molecule has 2 amide bonds. The normalized spacial score (nSPS) is 33.5. The molecule has 0 saturated carbocycles. The first-order valence-electron chi connectivity index (χ1n) is 10.8. The number of likely N-dealkylation sites (tertiary alicyclic amines) is 1. The minimum atomic E-state index is -1.35. The van der Waals surface area contributed by atoms with Crippen LogP contribution < -0.4 is 5.32 Å². The molecule has 7 unspecified atom stereocenters. The van der Waals surface area contributed by atoms with Crippen molar-refractivity contribution in [3.05, 3.63) is 0 Å². The lowest BCUT2D eigenvalue weighted by Crippen LogP contribution is -2.64. The van der Waals surface area contributed by atoms with Gasteiger partial charge in [0.25, 0.3) is 0 Å². The minimum absolute atomic E-state index is 0.0104. The summed E-state index contributed by atoms with van der Waals surface area (Å²) in [5.74, 6) is -0.419. The summed E-state index contributed by atoms with van der Waals surface area (Å²) >= 11 is 0. The first kappa shape index (κ1) is 25.9. The lowest BCUT2D eigenvalue weighted by molar-refractivity contribution is -0.270. The molecule has 2 saturated heterocycles. The number of carbonyl (C=O) groups is 2. The van der Waals surface area contributed by atoms with E-state index in [1.807, 2.05) is 0 Å². The maximum absolute atomic E-state index is 12.4. The third kappa shape index (κ3) is 7.07. The second-order valence-electron chi connectivity index (χ2n) is 8.09. The summed E-state index contributed by atoms with van der Waals surface area (Å²) in [6.45, 7) is 1.45. The zero-order valence-electron chi connectivity index (χ0n) is 18.2. The van der Waals surface area contributed by atoms with Gasteiger partial charge in [-0.25, -0.2) is 0 Å². The van der Waals surface area contributed by atoms with E-state index in [2.05, 4.69) is 5.32 Å². The molecule has 11 nitrogen and oxygen atoms in total. The highest BCUT2D eigenvalue weighted by molar-refractivity contribution is 5.77. The molecule has 2 rings (SSSR count). The largest absolute Gasteiger partial charge is 0.394 e. The maximum atomic E-state index is 12.4. The van der Waals surface area contributed by atoms with E-state index in [0.717, 1.165) is 0 Å². The Morgan fingerprint density at radius 2 is 1.87 bits per heavy atom. The molecular weight excluding hydrogens is 412 g/mol. The number of carbonyl (C=O) groups excluding carboxylic acids is 2. The molecule has 2 aliphatic heterocycles. The topological polar surface area (TPSA) is 158 Å². The average Bonchev–Trinajstić information content (AvgIpc) is 3.18. The Hall–Kier alpha value is -1.34. The second-order valence-corrected chi connectivity index (χ2v) is 8.09. The molecule has 5 N–H and O–H groups in total. The highest BCUT2D eigenvalue weighted by atomic mass is 16.7. The number of unbranched alkanes of at least 4 members (excludes halogenated alkanes) is 2. The molecule has 0 bridgehead atoms. The number of amides is 2. The standard InChI is InChI=1S/C20H36N2O9/c1-12(25)21-17-19(28)18(27)15(11-24)31-20(17)30-7-5-3-4-6-16(26)22-9-14(29-2)8-13(22)10-23/h13-15,17-20,23-24,27-28H,3-11H2,1-2H3,(H,21,25). The molecule has 0 radical (unpaired) electrons. The fourth-order valence-electron chi connectivity index (χ4n) is 4.03. The van der Waals surface area contributed by atoms with Crippen LogP contribution >= 0.6 is 0 Å². The van der Waals surface area contributed by atoms with Crippen LogP contribution in [-0.4, -0.2) is 113 Å². The Morgan fingerprint density at radius 3 is 2.48 bits per heavy atom. The van der Waals surface area contributed by atoms with Gasteiger partial charge in [0.05, 0.1) is 25.4 Å². The van der Waals surface area contributed by atoms with Crippen LogP contribution in [0.5, 0.6) is 0 Å². The lowest BCUT2D eigenvalue weighted by atomic mass is 9.97. The van der Waals surface area contributed by atoms with E-state index in [0.29, 0.717) is 38.6 Å². The van der Waals surface area contributed by atoms with Crippen molar-refractivity contribution in [2.45, 2.75) is 81.8 Å². The van der Waals surface area contributed by atoms with Crippen molar-refractivity contribution >= 4 is 11.8 Å². The number of aliphatic hydroxyl groups excluding tert-OH is 4. The van der Waals surface area contributed by atoms with E-state index in [9.17, 15) is 30.0 Å². The van der Waals surface area contributed by atoms with Gasteiger partial charge in [0.15, 0.2) is 6.29 Å². The number of aliphatic hydroxyl groups is 4. The van der Waals surface area contributed by atoms with Gasteiger partial charge in [-0.15, -0.1) is 0 Å². The molecule has 0 aliphatic carbocycles. The highest BCUT2D eigenvalue weighted by Gasteiger charge is 2.45. The van der Waals surface area contributed by atoms with Crippen LogP contribution in [0.25, 0.3) is 0 Å². The fourth-order valence-corrected chi connectivity index (χ4v) is 4.03. The van der Waals surface area contributed by atoms with E-state index < -0.39 is 43.2 Å². The number of nitrogens with one attached hydrogen (secondary N) is 1. The molecule has 7 atom stereocenters. The van der Waals surface area contributed by atoms with Crippen LogP contribution in [0.2, 0.25) is 0 Å². The summed E-state index contributed by atoms with van der Waals surface area (Å²) in [4.78, 5) is 25.5. The van der Waals surface area contributed by atoms with Crippen LogP contribution in [0.3, 0.4) is 0 Å². The summed E-state index contributed by atoms with van der Waals surface area (Å²) in [5, 5.41) is 41.5. The van der Waals surface area contributed by atoms with Crippen molar-refractivity contribution in [3.63, 3.8) is 0 Å². The summed E-state index contributed by atoms with van der Waals surface area (Å²) in [6.07, 6.45) is -1.78. The number of ether oxygens (including phenoxy) is 3. The Bertz CT molecular complexity index is 579. The van der Waals surface area contributed by atoms with Crippen molar-refractivity contribution in [2.24, 2.45) is 0 Å². The van der Waals surface area contributed by atoms with Gasteiger partial charge < -0.3 is 44.9 Å². The smallest absolute Gasteiger partial charge is 0.222 e. The highest BCUT2D eigenvalue weighted by Crippen LogP contribution is 2.23. The zero-order chi connectivity index (χ0) is 23.0. The Balaban J connectivity index is 1.73. The quantitative estimate of drug-likeness (QED) is 0.228. The molecule has 2 aliphatic rings. The van der Waals surface area contributed by atoms with Crippen LogP contribution in [0.15, 0.2) is 0 Å². The Morgan fingerprint density at radius 1 is 1.13 bits per heavy atom. The molecule has 2 fully saturated rings. The van der Waals surface area contributed by atoms with Crippen LogP contribution in [0.1, 0.15) is 39.0 Å². The Labute approximate surface area is 182 Å². The van der Waals surface area contributed by atoms with Crippen LogP contribution in [0.4, 0.5) is 0 Å². The maximum Gasteiger partial charge on any atom is 0.222 e. The van der Waals surface area contributed by atoms with Gasteiger partial charge in [-0.2, -0.15) is 0 Å².